The number of nitrogens with one attached hydrogen (secondary N) is 1. The molecule has 0 bridgehead atoms. The summed E-state index contributed by atoms with van der Waals surface area (Å²) < 4.78 is 17.8. The molecule has 14 nitrogen and oxygen atoms in total. The Labute approximate surface area is 365 Å². The van der Waals surface area contributed by atoms with Crippen LogP contribution in [0.3, 0.4) is 0 Å². The summed E-state index contributed by atoms with van der Waals surface area (Å²) in [7, 11) is 1.00. The van der Waals surface area contributed by atoms with Crippen LogP contribution in [0.15, 0.2) is 58.9 Å². The number of nitrogens with zero attached hydrogens (tertiary/aromatic N) is 1. The van der Waals surface area contributed by atoms with Crippen molar-refractivity contribution in [2.45, 2.75) is 157 Å². The predicted molar refractivity (Wildman–Crippen MR) is 237 cm³/mol. The summed E-state index contributed by atoms with van der Waals surface area (Å²) in [6, 6.07) is 0. The van der Waals surface area contributed by atoms with Gasteiger partial charge in [0.1, 0.15) is 29.9 Å². The number of ketones is 1. The van der Waals surface area contributed by atoms with E-state index in [1.165, 1.54) is 24.1 Å². The number of carbonyl (C=O) groups is 3. The molecular weight excluding hydrogens is 785 g/mol. The van der Waals surface area contributed by atoms with Gasteiger partial charge in [-0.05, 0) is 81.3 Å². The van der Waals surface area contributed by atoms with E-state index in [0.29, 0.717) is 32.2 Å². The minimum Gasteiger partial charge on any atom is -0.485 e. The van der Waals surface area contributed by atoms with Crippen molar-refractivity contribution in [3.05, 3.63) is 58.9 Å². The van der Waals surface area contributed by atoms with Crippen molar-refractivity contribution in [2.75, 3.05) is 40.0 Å². The Bertz CT molecular complexity index is 1500. The Morgan fingerprint density at radius 3 is 2.33 bits per heavy atom. The molecule has 0 spiro atoms. The molecule has 6 unspecified atom stereocenters. The molecule has 2 amide bonds. The Morgan fingerprint density at radius 1 is 1.10 bits per heavy atom. The average molecular weight is 865 g/mol. The highest BCUT2D eigenvalue weighted by Gasteiger charge is 2.41. The molecule has 2 aliphatic rings. The molecule has 2 rings (SSSR count). The number of allylic oxidation sites excluding steroid dienone is 8. The van der Waals surface area contributed by atoms with Crippen molar-refractivity contribution in [3.63, 3.8) is 0 Å². The van der Waals surface area contributed by atoms with Crippen molar-refractivity contribution in [3.8, 4) is 0 Å². The molecule has 1 fully saturated rings. The van der Waals surface area contributed by atoms with Crippen molar-refractivity contribution in [1.82, 2.24) is 10.2 Å². The van der Waals surface area contributed by atoms with E-state index in [-0.39, 0.29) is 54.9 Å². The fraction of sp³-hybridized carbons (Fsp3) is 0.723. The zero-order valence-corrected chi connectivity index (χ0v) is 38.8. The standard InChI is InChI=1S/C46H76N2O11.CH4O/c1-11-38(53)37(23-30(2)3)46(9,10)28-48(22-14-21-47-29-50)41(56)25-35(17-12-15-31(4)18-19-36-32(5)16-13-20-45(36,7)8)58-42(33(6)51)43(40(55)26-49)59-44-39(54)24-34(52)27-57-44;1-2/h12,15,17-19,25,29-30,33-34,37,39-40,42-44,49,51-52,54-55H,11,13-14,16,20-24,26-28H2,1-10H3,(H,47,50);2H,1H3/b17-12+,19-18+,31-15-,35-25+;/t33?,34-,37?,39?,40?,42?,43?,44+;/m1./s1. The normalized spacial score (nSPS) is 22.6. The monoisotopic (exact) mass is 865 g/mol. The van der Waals surface area contributed by atoms with Gasteiger partial charge in [0.2, 0.25) is 12.3 Å². The van der Waals surface area contributed by atoms with Gasteiger partial charge in [0, 0.05) is 51.6 Å². The van der Waals surface area contributed by atoms with E-state index in [1.807, 2.05) is 39.8 Å². The number of amides is 2. The van der Waals surface area contributed by atoms with Gasteiger partial charge in [0.05, 0.1) is 25.4 Å². The summed E-state index contributed by atoms with van der Waals surface area (Å²) >= 11 is 0. The molecule has 1 aliphatic carbocycles. The number of hydrogen-bond acceptors (Lipinski definition) is 12. The molecule has 0 saturated carbocycles. The maximum atomic E-state index is 14.4. The quantitative estimate of drug-likeness (QED) is 0.0219. The molecule has 1 saturated heterocycles. The van der Waals surface area contributed by atoms with Gasteiger partial charge < -0.3 is 55.1 Å². The van der Waals surface area contributed by atoms with Crippen LogP contribution in [-0.4, -0.2) is 137 Å². The average Bonchev–Trinajstić information content (AvgIpc) is 3.19. The summed E-state index contributed by atoms with van der Waals surface area (Å²) in [4.78, 5) is 40.3. The van der Waals surface area contributed by atoms with Crippen LogP contribution in [-0.2, 0) is 28.6 Å². The van der Waals surface area contributed by atoms with Gasteiger partial charge >= 0.3 is 0 Å². The van der Waals surface area contributed by atoms with E-state index >= 15 is 0 Å². The molecule has 7 N–H and O–H groups in total. The molecular formula is C47H80N2O12. The van der Waals surface area contributed by atoms with Crippen molar-refractivity contribution >= 4 is 18.1 Å². The van der Waals surface area contributed by atoms with E-state index < -0.39 is 60.8 Å². The van der Waals surface area contributed by atoms with Crippen LogP contribution in [0.25, 0.3) is 0 Å². The highest BCUT2D eigenvalue weighted by molar-refractivity contribution is 5.88. The van der Waals surface area contributed by atoms with Gasteiger partial charge in [-0.1, -0.05) is 83.9 Å². The Balaban J connectivity index is 0.00000916. The second-order valence-electron chi connectivity index (χ2n) is 18.1. The summed E-state index contributed by atoms with van der Waals surface area (Å²) in [5.41, 5.74) is 3.05. The fourth-order valence-corrected chi connectivity index (χ4v) is 7.96. The minimum atomic E-state index is -1.61. The minimum absolute atomic E-state index is 0.00245. The third-order valence-corrected chi connectivity index (χ3v) is 11.3. The van der Waals surface area contributed by atoms with E-state index in [1.54, 1.807) is 17.1 Å². The number of ether oxygens (including phenoxy) is 3. The molecule has 14 heteroatoms. The molecule has 1 aliphatic heterocycles. The number of rotatable bonds is 25. The molecule has 61 heavy (non-hydrogen) atoms. The number of aliphatic hydroxyl groups excluding tert-OH is 6. The molecule has 0 aromatic carbocycles. The first-order valence-corrected chi connectivity index (χ1v) is 21.8. The molecule has 8 atom stereocenters. The lowest BCUT2D eigenvalue weighted by molar-refractivity contribution is -0.282. The summed E-state index contributed by atoms with van der Waals surface area (Å²) in [6.07, 6.45) is 6.61. The second-order valence-corrected chi connectivity index (χ2v) is 18.1. The third-order valence-electron chi connectivity index (χ3n) is 11.3. The number of aliphatic hydroxyl groups is 6. The van der Waals surface area contributed by atoms with E-state index in [9.17, 15) is 39.9 Å². The lowest BCUT2D eigenvalue weighted by Gasteiger charge is -2.39. The van der Waals surface area contributed by atoms with Gasteiger partial charge in [-0.2, -0.15) is 0 Å². The van der Waals surface area contributed by atoms with Gasteiger partial charge in [-0.15, -0.1) is 0 Å². The molecule has 1 heterocycles. The Morgan fingerprint density at radius 2 is 1.77 bits per heavy atom. The summed E-state index contributed by atoms with van der Waals surface area (Å²) in [5, 5.41) is 62.3. The second kappa shape index (κ2) is 27.8. The first kappa shape index (κ1) is 55.8. The van der Waals surface area contributed by atoms with Crippen LogP contribution in [0.1, 0.15) is 114 Å². The lowest BCUT2D eigenvalue weighted by atomic mass is 9.71. The van der Waals surface area contributed by atoms with Gasteiger partial charge in [0.25, 0.3) is 0 Å². The van der Waals surface area contributed by atoms with Crippen molar-refractivity contribution < 1.29 is 59.2 Å². The van der Waals surface area contributed by atoms with Gasteiger partial charge in [0.15, 0.2) is 12.4 Å². The van der Waals surface area contributed by atoms with Gasteiger partial charge in [-0.3, -0.25) is 14.4 Å². The van der Waals surface area contributed by atoms with Crippen LogP contribution in [0.2, 0.25) is 0 Å². The molecule has 350 valence electrons. The topological polar surface area (TPSA) is 216 Å². The number of carbonyl (C=O) groups excluding carboxylic acids is 3. The predicted octanol–water partition coefficient (Wildman–Crippen LogP) is 4.67. The maximum absolute atomic E-state index is 14.4. The van der Waals surface area contributed by atoms with Crippen LogP contribution >= 0.6 is 0 Å². The van der Waals surface area contributed by atoms with Gasteiger partial charge in [-0.25, -0.2) is 0 Å². The number of Topliss-reactive ketones (excluding diaryl/α,β-unsaturated/α-hetero) is 1. The smallest absolute Gasteiger partial charge is 0.250 e. The first-order chi connectivity index (χ1) is 28.7. The third kappa shape index (κ3) is 19.0. The lowest BCUT2D eigenvalue weighted by Crippen LogP contribution is -2.53. The SMILES string of the molecule is CCC(=O)C(CC(C)C)C(C)(C)CN(CCCNC=O)C(=O)\C=C(/C=C/C=C(C)\C=C\C1=C(C)CCCC1(C)C)OC(C(C)O)C(O[C@@H]1OC[C@H](O)CC1O)C(O)CO.CO. The van der Waals surface area contributed by atoms with Crippen LogP contribution in [0.4, 0.5) is 0 Å². The first-order valence-electron chi connectivity index (χ1n) is 21.8. The zero-order chi connectivity index (χ0) is 46.5. The highest BCUT2D eigenvalue weighted by atomic mass is 16.7. The van der Waals surface area contributed by atoms with E-state index in [2.05, 4.69) is 46.0 Å². The Kier molecular flexibility index (Phi) is 25.4. The van der Waals surface area contributed by atoms with Crippen molar-refractivity contribution in [1.29, 1.82) is 0 Å². The van der Waals surface area contributed by atoms with Crippen LogP contribution in [0, 0.1) is 22.7 Å². The maximum Gasteiger partial charge on any atom is 0.250 e. The molecule has 0 aromatic heterocycles. The van der Waals surface area contributed by atoms with Crippen LogP contribution in [0.5, 0.6) is 0 Å². The highest BCUT2D eigenvalue weighted by Crippen LogP contribution is 2.41. The van der Waals surface area contributed by atoms with Crippen molar-refractivity contribution in [2.24, 2.45) is 22.7 Å². The summed E-state index contributed by atoms with van der Waals surface area (Å²) in [5.74, 6) is -0.410. The molecule has 0 aromatic rings. The Hall–Kier alpha value is -3.21. The molecule has 0 radical (unpaired) electrons. The van der Waals surface area contributed by atoms with Crippen LogP contribution < -0.4 is 5.32 Å². The largest absolute Gasteiger partial charge is 0.485 e. The van der Waals surface area contributed by atoms with E-state index in [0.717, 1.165) is 31.9 Å². The summed E-state index contributed by atoms with van der Waals surface area (Å²) in [6.45, 7) is 19.8. The fourth-order valence-electron chi connectivity index (χ4n) is 7.96. The van der Waals surface area contributed by atoms with E-state index in [4.69, 9.17) is 19.3 Å². The zero-order valence-electron chi connectivity index (χ0n) is 38.8. The number of hydrogen-bond donors (Lipinski definition) is 7.